The number of amides is 1. The highest BCUT2D eigenvalue weighted by Crippen LogP contribution is 2.29. The van der Waals surface area contributed by atoms with Crippen molar-refractivity contribution in [3.05, 3.63) is 58.1 Å². The summed E-state index contributed by atoms with van der Waals surface area (Å²) in [4.78, 5) is 34.8. The van der Waals surface area contributed by atoms with Gasteiger partial charge in [-0.3, -0.25) is 14.9 Å². The largest absolute Gasteiger partial charge is 0.496 e. The standard InChI is InChI=1S/C21H24N2O7/c1-13(2)15-5-7-16(8-6-15)29-12-20(24)30-14(3)21(25)22-18-10-9-17(28-4)11-19(18)23(26)27/h5-11,13-14H,12H2,1-4H3,(H,22,25)/t14-/m0/s1. The molecule has 2 aromatic rings. The van der Waals surface area contributed by atoms with Crippen molar-refractivity contribution < 1.29 is 28.7 Å². The van der Waals surface area contributed by atoms with Crippen molar-refractivity contribution in [2.75, 3.05) is 19.0 Å². The van der Waals surface area contributed by atoms with Gasteiger partial charge in [0.05, 0.1) is 18.1 Å². The van der Waals surface area contributed by atoms with E-state index in [4.69, 9.17) is 14.2 Å². The lowest BCUT2D eigenvalue weighted by Crippen LogP contribution is -2.31. The van der Waals surface area contributed by atoms with Gasteiger partial charge >= 0.3 is 5.97 Å². The first kappa shape index (κ1) is 22.7. The quantitative estimate of drug-likeness (QED) is 0.376. The second kappa shape index (κ2) is 10.2. The van der Waals surface area contributed by atoms with Crippen LogP contribution >= 0.6 is 0 Å². The summed E-state index contributed by atoms with van der Waals surface area (Å²) in [6, 6.07) is 11.3. The van der Waals surface area contributed by atoms with Gasteiger partial charge in [-0.1, -0.05) is 26.0 Å². The van der Waals surface area contributed by atoms with Gasteiger partial charge in [0, 0.05) is 0 Å². The Morgan fingerprint density at radius 2 is 1.70 bits per heavy atom. The van der Waals surface area contributed by atoms with Gasteiger partial charge in [0.1, 0.15) is 17.2 Å². The maximum atomic E-state index is 12.3. The highest BCUT2D eigenvalue weighted by molar-refractivity contribution is 5.97. The van der Waals surface area contributed by atoms with Crippen molar-refractivity contribution in [1.29, 1.82) is 0 Å². The molecule has 0 bridgehead atoms. The number of nitrogens with zero attached hydrogens (tertiary/aromatic N) is 1. The molecule has 0 radical (unpaired) electrons. The van der Waals surface area contributed by atoms with Crippen LogP contribution in [0.5, 0.6) is 11.5 Å². The summed E-state index contributed by atoms with van der Waals surface area (Å²) in [5, 5.41) is 13.6. The highest BCUT2D eigenvalue weighted by Gasteiger charge is 2.22. The molecule has 0 heterocycles. The van der Waals surface area contributed by atoms with E-state index in [1.54, 1.807) is 12.1 Å². The van der Waals surface area contributed by atoms with Crippen LogP contribution in [0, 0.1) is 10.1 Å². The number of nitro benzene ring substituents is 1. The number of anilines is 1. The van der Waals surface area contributed by atoms with Crippen molar-refractivity contribution in [2.45, 2.75) is 32.8 Å². The number of benzene rings is 2. The van der Waals surface area contributed by atoms with Crippen molar-refractivity contribution in [1.82, 2.24) is 0 Å². The first-order chi connectivity index (χ1) is 14.2. The van der Waals surface area contributed by atoms with Crippen LogP contribution in [-0.4, -0.2) is 36.6 Å². The zero-order valence-electron chi connectivity index (χ0n) is 17.2. The van der Waals surface area contributed by atoms with E-state index in [0.29, 0.717) is 11.7 Å². The summed E-state index contributed by atoms with van der Waals surface area (Å²) in [5.74, 6) is -0.294. The molecule has 0 aromatic heterocycles. The fraction of sp³-hybridized carbons (Fsp3) is 0.333. The minimum Gasteiger partial charge on any atom is -0.496 e. The van der Waals surface area contributed by atoms with Gasteiger partial charge in [0.25, 0.3) is 11.6 Å². The Bertz CT molecular complexity index is 910. The number of esters is 1. The molecular weight excluding hydrogens is 392 g/mol. The third kappa shape index (κ3) is 6.20. The van der Waals surface area contributed by atoms with Gasteiger partial charge in [0.2, 0.25) is 0 Å². The zero-order chi connectivity index (χ0) is 22.3. The minimum absolute atomic E-state index is 0.0322. The molecule has 0 spiro atoms. The summed E-state index contributed by atoms with van der Waals surface area (Å²) >= 11 is 0. The first-order valence-corrected chi connectivity index (χ1v) is 9.26. The molecule has 0 aliphatic carbocycles. The number of methoxy groups -OCH3 is 1. The topological polar surface area (TPSA) is 117 Å². The smallest absolute Gasteiger partial charge is 0.344 e. The number of nitro groups is 1. The normalized spacial score (nSPS) is 11.5. The first-order valence-electron chi connectivity index (χ1n) is 9.26. The van der Waals surface area contributed by atoms with E-state index in [-0.39, 0.29) is 23.7 Å². The molecule has 160 valence electrons. The minimum atomic E-state index is -1.17. The molecule has 2 aromatic carbocycles. The maximum absolute atomic E-state index is 12.3. The van der Waals surface area contributed by atoms with Crippen molar-refractivity contribution >= 4 is 23.3 Å². The number of hydrogen-bond donors (Lipinski definition) is 1. The van der Waals surface area contributed by atoms with Crippen molar-refractivity contribution in [3.63, 3.8) is 0 Å². The third-order valence-electron chi connectivity index (χ3n) is 4.24. The van der Waals surface area contributed by atoms with E-state index in [9.17, 15) is 19.7 Å². The Morgan fingerprint density at radius 3 is 2.27 bits per heavy atom. The van der Waals surface area contributed by atoms with E-state index in [1.807, 2.05) is 12.1 Å². The number of rotatable bonds is 9. The molecule has 0 saturated heterocycles. The van der Waals surface area contributed by atoms with E-state index < -0.39 is 22.9 Å². The molecular formula is C21H24N2O7. The van der Waals surface area contributed by atoms with E-state index in [1.165, 1.54) is 32.2 Å². The van der Waals surface area contributed by atoms with Crippen LogP contribution < -0.4 is 14.8 Å². The van der Waals surface area contributed by atoms with Crippen LogP contribution in [0.25, 0.3) is 0 Å². The molecule has 0 fully saturated rings. The van der Waals surface area contributed by atoms with Crippen LogP contribution in [0.2, 0.25) is 0 Å². The van der Waals surface area contributed by atoms with Gasteiger partial charge < -0.3 is 19.5 Å². The van der Waals surface area contributed by atoms with Gasteiger partial charge in [-0.05, 0) is 42.7 Å². The number of carbonyl (C=O) groups excluding carboxylic acids is 2. The maximum Gasteiger partial charge on any atom is 0.344 e. The second-order valence-electron chi connectivity index (χ2n) is 6.77. The Kier molecular flexibility index (Phi) is 7.74. The third-order valence-corrected chi connectivity index (χ3v) is 4.24. The molecule has 1 amide bonds. The van der Waals surface area contributed by atoms with E-state index in [0.717, 1.165) is 5.56 Å². The number of hydrogen-bond acceptors (Lipinski definition) is 7. The number of carbonyl (C=O) groups is 2. The molecule has 1 atom stereocenters. The van der Waals surface area contributed by atoms with Crippen molar-refractivity contribution in [2.24, 2.45) is 0 Å². The van der Waals surface area contributed by atoms with Crippen LogP contribution in [0.1, 0.15) is 32.3 Å². The summed E-state index contributed by atoms with van der Waals surface area (Å²) in [6.07, 6.45) is -1.17. The Balaban J connectivity index is 1.90. The molecule has 0 aliphatic heterocycles. The molecule has 2 rings (SSSR count). The SMILES string of the molecule is COc1ccc(NC(=O)[C@H](C)OC(=O)COc2ccc(C(C)C)cc2)c([N+](=O)[O-])c1. The lowest BCUT2D eigenvalue weighted by atomic mass is 10.0. The second-order valence-corrected chi connectivity index (χ2v) is 6.77. The van der Waals surface area contributed by atoms with Gasteiger partial charge in [0.15, 0.2) is 12.7 Å². The van der Waals surface area contributed by atoms with E-state index in [2.05, 4.69) is 19.2 Å². The fourth-order valence-electron chi connectivity index (χ4n) is 2.51. The summed E-state index contributed by atoms with van der Waals surface area (Å²) in [6.45, 7) is 5.13. The Hall–Kier alpha value is -3.62. The van der Waals surface area contributed by atoms with Gasteiger partial charge in [-0.2, -0.15) is 0 Å². The van der Waals surface area contributed by atoms with Crippen LogP contribution in [0.4, 0.5) is 11.4 Å². The average molecular weight is 416 g/mol. The molecule has 0 saturated carbocycles. The molecule has 0 aliphatic rings. The van der Waals surface area contributed by atoms with Crippen molar-refractivity contribution in [3.8, 4) is 11.5 Å². The van der Waals surface area contributed by atoms with Crippen LogP contribution in [-0.2, 0) is 14.3 Å². The predicted molar refractivity (Wildman–Crippen MR) is 110 cm³/mol. The zero-order valence-corrected chi connectivity index (χ0v) is 17.2. The molecule has 0 unspecified atom stereocenters. The van der Waals surface area contributed by atoms with Crippen LogP contribution in [0.15, 0.2) is 42.5 Å². The lowest BCUT2D eigenvalue weighted by Gasteiger charge is -2.14. The molecule has 9 nitrogen and oxygen atoms in total. The van der Waals surface area contributed by atoms with Crippen LogP contribution in [0.3, 0.4) is 0 Å². The Labute approximate surface area is 174 Å². The monoisotopic (exact) mass is 416 g/mol. The Morgan fingerprint density at radius 1 is 1.07 bits per heavy atom. The summed E-state index contributed by atoms with van der Waals surface area (Å²) in [5.41, 5.74) is 0.771. The predicted octanol–water partition coefficient (Wildman–Crippen LogP) is 3.68. The molecule has 1 N–H and O–H groups in total. The number of nitrogens with one attached hydrogen (secondary N) is 1. The highest BCUT2D eigenvalue weighted by atomic mass is 16.6. The molecule has 30 heavy (non-hydrogen) atoms. The summed E-state index contributed by atoms with van der Waals surface area (Å²) < 4.78 is 15.4. The van der Waals surface area contributed by atoms with Gasteiger partial charge in [-0.15, -0.1) is 0 Å². The van der Waals surface area contributed by atoms with E-state index >= 15 is 0 Å². The number of ether oxygens (including phenoxy) is 3. The average Bonchev–Trinajstić information content (AvgIpc) is 2.72. The summed E-state index contributed by atoms with van der Waals surface area (Å²) in [7, 11) is 1.37. The fourth-order valence-corrected chi connectivity index (χ4v) is 2.51. The molecule has 9 heteroatoms. The lowest BCUT2D eigenvalue weighted by molar-refractivity contribution is -0.384. The van der Waals surface area contributed by atoms with Gasteiger partial charge in [-0.25, -0.2) is 4.79 Å².